The van der Waals surface area contributed by atoms with E-state index in [-0.39, 0.29) is 0 Å². The lowest BCUT2D eigenvalue weighted by atomic mass is 10.1. The van der Waals surface area contributed by atoms with Gasteiger partial charge in [0.1, 0.15) is 0 Å². The average molecular weight is 213 g/mol. The molecule has 0 bridgehead atoms. The number of hydrogen-bond acceptors (Lipinski definition) is 2. The van der Waals surface area contributed by atoms with E-state index < -0.39 is 0 Å². The number of nitrogens with zero attached hydrogens (tertiary/aromatic N) is 2. The molecule has 1 aromatic heterocycles. The normalized spacial score (nSPS) is 13.6. The Bertz CT molecular complexity index is 514. The van der Waals surface area contributed by atoms with Crippen LogP contribution in [-0.2, 0) is 13.0 Å². The summed E-state index contributed by atoms with van der Waals surface area (Å²) in [6.45, 7) is 4.08. The summed E-state index contributed by atoms with van der Waals surface area (Å²) in [6.07, 6.45) is 5.17. The lowest BCUT2D eigenvalue weighted by Crippen LogP contribution is -1.92. The van der Waals surface area contributed by atoms with E-state index in [1.807, 2.05) is 10.9 Å². The molecule has 1 aliphatic heterocycles. The summed E-state index contributed by atoms with van der Waals surface area (Å²) in [5.41, 5.74) is 5.14. The zero-order valence-electron chi connectivity index (χ0n) is 9.40. The lowest BCUT2D eigenvalue weighted by Gasteiger charge is -2.02. The first-order valence-electron chi connectivity index (χ1n) is 5.76. The van der Waals surface area contributed by atoms with Crippen molar-refractivity contribution in [1.29, 1.82) is 0 Å². The number of fused-ring (bicyclic) bond motifs is 1. The smallest absolute Gasteiger partial charge is 0.0568 e. The molecule has 3 rings (SSSR count). The third-order valence-corrected chi connectivity index (χ3v) is 3.11. The molecule has 3 heteroatoms. The standard InChI is InChI=1S/C13H15N3/c1-2-16-9-12(8-15-16)11-4-3-10-5-6-14-13(10)7-11/h3-4,7-9,14H,2,5-6H2,1H3. The average Bonchev–Trinajstić information content (AvgIpc) is 2.96. The number of hydrogen-bond donors (Lipinski definition) is 1. The van der Waals surface area contributed by atoms with Gasteiger partial charge >= 0.3 is 0 Å². The first-order valence-corrected chi connectivity index (χ1v) is 5.76. The Labute approximate surface area is 95.1 Å². The van der Waals surface area contributed by atoms with Gasteiger partial charge in [0.05, 0.1) is 6.20 Å². The third kappa shape index (κ3) is 1.48. The number of anilines is 1. The molecule has 0 saturated heterocycles. The van der Waals surface area contributed by atoms with Crippen molar-refractivity contribution in [2.45, 2.75) is 19.9 Å². The minimum absolute atomic E-state index is 0.920. The summed E-state index contributed by atoms with van der Waals surface area (Å²) < 4.78 is 1.95. The second-order valence-electron chi connectivity index (χ2n) is 4.13. The summed E-state index contributed by atoms with van der Waals surface area (Å²) in [5.74, 6) is 0. The third-order valence-electron chi connectivity index (χ3n) is 3.11. The number of nitrogens with one attached hydrogen (secondary N) is 1. The van der Waals surface area contributed by atoms with Crippen molar-refractivity contribution in [3.63, 3.8) is 0 Å². The second kappa shape index (κ2) is 3.67. The van der Waals surface area contributed by atoms with Crippen LogP contribution in [0.15, 0.2) is 30.6 Å². The van der Waals surface area contributed by atoms with E-state index in [2.05, 4.69) is 41.7 Å². The maximum Gasteiger partial charge on any atom is 0.0568 e. The number of benzene rings is 1. The van der Waals surface area contributed by atoms with Crippen molar-refractivity contribution in [3.05, 3.63) is 36.2 Å². The van der Waals surface area contributed by atoms with Crippen LogP contribution < -0.4 is 5.32 Å². The zero-order chi connectivity index (χ0) is 11.0. The van der Waals surface area contributed by atoms with Gasteiger partial charge in [0.25, 0.3) is 0 Å². The molecular formula is C13H15N3. The summed E-state index contributed by atoms with van der Waals surface area (Å²) >= 11 is 0. The van der Waals surface area contributed by atoms with Crippen LogP contribution in [0.3, 0.4) is 0 Å². The highest BCUT2D eigenvalue weighted by Gasteiger charge is 2.11. The van der Waals surface area contributed by atoms with Crippen molar-refractivity contribution in [2.75, 3.05) is 11.9 Å². The fourth-order valence-electron chi connectivity index (χ4n) is 2.16. The Balaban J connectivity index is 2.00. The van der Waals surface area contributed by atoms with Gasteiger partial charge in [0, 0.05) is 30.5 Å². The Morgan fingerprint density at radius 1 is 1.38 bits per heavy atom. The van der Waals surface area contributed by atoms with Crippen LogP contribution >= 0.6 is 0 Å². The summed E-state index contributed by atoms with van der Waals surface area (Å²) in [7, 11) is 0. The zero-order valence-corrected chi connectivity index (χ0v) is 9.40. The minimum atomic E-state index is 0.920. The van der Waals surface area contributed by atoms with Gasteiger partial charge in [0.2, 0.25) is 0 Å². The van der Waals surface area contributed by atoms with Crippen LogP contribution in [-0.4, -0.2) is 16.3 Å². The van der Waals surface area contributed by atoms with Crippen molar-refractivity contribution in [1.82, 2.24) is 9.78 Å². The van der Waals surface area contributed by atoms with Crippen LogP contribution in [0.1, 0.15) is 12.5 Å². The summed E-state index contributed by atoms with van der Waals surface area (Å²) in [4.78, 5) is 0. The Morgan fingerprint density at radius 2 is 2.31 bits per heavy atom. The second-order valence-corrected chi connectivity index (χ2v) is 4.13. The summed E-state index contributed by atoms with van der Waals surface area (Å²) in [6, 6.07) is 6.62. The van der Waals surface area contributed by atoms with E-state index in [1.54, 1.807) is 0 Å². The predicted octanol–water partition coefficient (Wildman–Crippen LogP) is 2.54. The molecule has 16 heavy (non-hydrogen) atoms. The molecule has 2 heterocycles. The highest BCUT2D eigenvalue weighted by Crippen LogP contribution is 2.28. The fourth-order valence-corrected chi connectivity index (χ4v) is 2.16. The number of aryl methyl sites for hydroxylation is 1. The van der Waals surface area contributed by atoms with Crippen LogP contribution in [0, 0.1) is 0 Å². The highest BCUT2D eigenvalue weighted by molar-refractivity contribution is 5.70. The summed E-state index contributed by atoms with van der Waals surface area (Å²) in [5, 5.41) is 7.70. The van der Waals surface area contributed by atoms with Gasteiger partial charge in [-0.25, -0.2) is 0 Å². The quantitative estimate of drug-likeness (QED) is 0.830. The minimum Gasteiger partial charge on any atom is -0.384 e. The van der Waals surface area contributed by atoms with Crippen LogP contribution in [0.5, 0.6) is 0 Å². The largest absolute Gasteiger partial charge is 0.384 e. The molecule has 0 aliphatic carbocycles. The monoisotopic (exact) mass is 213 g/mol. The molecule has 1 N–H and O–H groups in total. The SMILES string of the molecule is CCn1cc(-c2ccc3c(c2)NCC3)cn1. The van der Waals surface area contributed by atoms with E-state index in [9.17, 15) is 0 Å². The van der Waals surface area contributed by atoms with Crippen LogP contribution in [0.4, 0.5) is 5.69 Å². The molecular weight excluding hydrogens is 198 g/mol. The highest BCUT2D eigenvalue weighted by atomic mass is 15.3. The maximum atomic E-state index is 4.30. The van der Waals surface area contributed by atoms with E-state index in [0.29, 0.717) is 0 Å². The molecule has 2 aromatic rings. The van der Waals surface area contributed by atoms with Crippen molar-refractivity contribution < 1.29 is 0 Å². The Kier molecular flexibility index (Phi) is 2.17. The van der Waals surface area contributed by atoms with Gasteiger partial charge in [-0.3, -0.25) is 4.68 Å². The molecule has 0 atom stereocenters. The molecule has 0 unspecified atom stereocenters. The predicted molar refractivity (Wildman–Crippen MR) is 65.5 cm³/mol. The number of aromatic nitrogens is 2. The first-order chi connectivity index (χ1) is 7.86. The molecule has 0 spiro atoms. The van der Waals surface area contributed by atoms with Crippen LogP contribution in [0.25, 0.3) is 11.1 Å². The molecule has 0 saturated carbocycles. The molecule has 1 aromatic carbocycles. The fraction of sp³-hybridized carbons (Fsp3) is 0.308. The topological polar surface area (TPSA) is 29.9 Å². The maximum absolute atomic E-state index is 4.30. The molecule has 0 amide bonds. The van der Waals surface area contributed by atoms with Crippen molar-refractivity contribution >= 4 is 5.69 Å². The molecule has 1 aliphatic rings. The van der Waals surface area contributed by atoms with Gasteiger partial charge in [-0.1, -0.05) is 12.1 Å². The van der Waals surface area contributed by atoms with E-state index in [0.717, 1.165) is 19.5 Å². The van der Waals surface area contributed by atoms with Gasteiger partial charge in [-0.15, -0.1) is 0 Å². The van der Waals surface area contributed by atoms with Gasteiger partial charge in [-0.05, 0) is 30.5 Å². The van der Waals surface area contributed by atoms with E-state index >= 15 is 0 Å². The van der Waals surface area contributed by atoms with Gasteiger partial charge in [0.15, 0.2) is 0 Å². The van der Waals surface area contributed by atoms with Crippen molar-refractivity contribution in [3.8, 4) is 11.1 Å². The van der Waals surface area contributed by atoms with Crippen LogP contribution in [0.2, 0.25) is 0 Å². The molecule has 0 fully saturated rings. The lowest BCUT2D eigenvalue weighted by molar-refractivity contribution is 0.660. The number of rotatable bonds is 2. The van der Waals surface area contributed by atoms with E-state index in [4.69, 9.17) is 0 Å². The Hall–Kier alpha value is -1.77. The van der Waals surface area contributed by atoms with Crippen molar-refractivity contribution in [2.24, 2.45) is 0 Å². The molecule has 82 valence electrons. The van der Waals surface area contributed by atoms with Gasteiger partial charge in [-0.2, -0.15) is 5.10 Å². The van der Waals surface area contributed by atoms with Gasteiger partial charge < -0.3 is 5.32 Å². The first kappa shape index (κ1) is 9.46. The molecule has 3 nitrogen and oxygen atoms in total. The van der Waals surface area contributed by atoms with E-state index in [1.165, 1.54) is 22.4 Å². The molecule has 0 radical (unpaired) electrons. The Morgan fingerprint density at radius 3 is 3.12 bits per heavy atom.